The average molecular weight is 561 g/mol. The minimum Gasteiger partial charge on any atom is -0.492 e. The molecular formula is C30H36N6O5. The molecule has 0 radical (unpaired) electrons. The second-order valence-electron chi connectivity index (χ2n) is 10.6. The molecule has 3 aromatic rings. The van der Waals surface area contributed by atoms with Crippen molar-refractivity contribution in [3.63, 3.8) is 0 Å². The van der Waals surface area contributed by atoms with Gasteiger partial charge >= 0.3 is 0 Å². The molecule has 3 amide bonds. The van der Waals surface area contributed by atoms with Gasteiger partial charge in [-0.05, 0) is 37.0 Å². The van der Waals surface area contributed by atoms with Crippen LogP contribution in [0, 0.1) is 5.92 Å². The van der Waals surface area contributed by atoms with Crippen molar-refractivity contribution in [2.45, 2.75) is 45.4 Å². The number of benzene rings is 2. The van der Waals surface area contributed by atoms with E-state index in [0.717, 1.165) is 12.0 Å². The van der Waals surface area contributed by atoms with E-state index < -0.39 is 12.1 Å². The first-order valence-electron chi connectivity index (χ1n) is 14.1. The lowest BCUT2D eigenvalue weighted by Gasteiger charge is -2.27. The molecule has 216 valence electrons. The van der Waals surface area contributed by atoms with Crippen molar-refractivity contribution in [1.29, 1.82) is 0 Å². The molecule has 11 heteroatoms. The Bertz CT molecular complexity index is 1370. The minimum atomic E-state index is -0.584. The number of amides is 3. The molecule has 0 aliphatic carbocycles. The maximum atomic E-state index is 13.4. The van der Waals surface area contributed by atoms with Crippen LogP contribution in [0.2, 0.25) is 0 Å². The average Bonchev–Trinajstić information content (AvgIpc) is 3.66. The third-order valence-corrected chi connectivity index (χ3v) is 7.18. The van der Waals surface area contributed by atoms with Crippen LogP contribution in [0.4, 0.5) is 0 Å². The van der Waals surface area contributed by atoms with Gasteiger partial charge < -0.3 is 25.0 Å². The Morgan fingerprint density at radius 3 is 2.59 bits per heavy atom. The van der Waals surface area contributed by atoms with Gasteiger partial charge in [-0.2, -0.15) is 5.10 Å². The number of nitrogens with zero attached hydrogens (tertiary/aromatic N) is 4. The van der Waals surface area contributed by atoms with Gasteiger partial charge in [0, 0.05) is 30.8 Å². The first-order chi connectivity index (χ1) is 19.9. The van der Waals surface area contributed by atoms with Crippen LogP contribution < -0.4 is 15.4 Å². The van der Waals surface area contributed by atoms with Gasteiger partial charge in [-0.25, -0.2) is 9.67 Å². The van der Waals surface area contributed by atoms with Crippen molar-refractivity contribution in [3.8, 4) is 17.1 Å². The summed E-state index contributed by atoms with van der Waals surface area (Å²) in [4.78, 5) is 45.9. The number of aromatic nitrogens is 3. The van der Waals surface area contributed by atoms with Gasteiger partial charge in [0.25, 0.3) is 11.8 Å². The molecule has 0 saturated carbocycles. The zero-order valence-corrected chi connectivity index (χ0v) is 23.4. The molecule has 2 aliphatic rings. The highest BCUT2D eigenvalue weighted by Crippen LogP contribution is 2.25. The smallest absolute Gasteiger partial charge is 0.252 e. The third-order valence-electron chi connectivity index (χ3n) is 7.18. The van der Waals surface area contributed by atoms with Crippen molar-refractivity contribution in [2.75, 3.05) is 32.8 Å². The van der Waals surface area contributed by atoms with E-state index in [2.05, 4.69) is 10.6 Å². The molecule has 2 bridgehead atoms. The van der Waals surface area contributed by atoms with Gasteiger partial charge in [0.15, 0.2) is 11.6 Å². The van der Waals surface area contributed by atoms with E-state index in [1.807, 2.05) is 44.2 Å². The zero-order valence-electron chi connectivity index (χ0n) is 23.4. The molecule has 2 aromatic carbocycles. The van der Waals surface area contributed by atoms with Crippen LogP contribution in [-0.2, 0) is 20.9 Å². The Balaban J connectivity index is 1.48. The van der Waals surface area contributed by atoms with Crippen LogP contribution in [0.15, 0.2) is 54.6 Å². The highest BCUT2D eigenvalue weighted by molar-refractivity contribution is 5.94. The molecule has 1 saturated heterocycles. The summed E-state index contributed by atoms with van der Waals surface area (Å²) in [7, 11) is 0. The first kappa shape index (κ1) is 28.3. The summed E-state index contributed by atoms with van der Waals surface area (Å²) in [5.74, 6) is 0.800. The molecule has 3 heterocycles. The summed E-state index contributed by atoms with van der Waals surface area (Å²) < 4.78 is 13.4. The van der Waals surface area contributed by atoms with Crippen molar-refractivity contribution in [2.24, 2.45) is 5.92 Å². The number of hydrogen-bond donors (Lipinski definition) is 2. The lowest BCUT2D eigenvalue weighted by molar-refractivity contribution is -0.144. The van der Waals surface area contributed by atoms with Gasteiger partial charge in [-0.3, -0.25) is 14.4 Å². The van der Waals surface area contributed by atoms with Crippen LogP contribution in [0.5, 0.6) is 5.75 Å². The maximum Gasteiger partial charge on any atom is 0.252 e. The topological polar surface area (TPSA) is 128 Å². The highest BCUT2D eigenvalue weighted by Gasteiger charge is 2.31. The van der Waals surface area contributed by atoms with Crippen LogP contribution in [0.1, 0.15) is 48.9 Å². The van der Waals surface area contributed by atoms with Crippen molar-refractivity contribution < 1.29 is 23.9 Å². The molecule has 11 nitrogen and oxygen atoms in total. The molecule has 0 unspecified atom stereocenters. The highest BCUT2D eigenvalue weighted by atomic mass is 16.5. The number of rotatable bonds is 3. The Labute approximate surface area is 239 Å². The van der Waals surface area contributed by atoms with E-state index in [9.17, 15) is 14.4 Å². The van der Waals surface area contributed by atoms with Crippen molar-refractivity contribution in [3.05, 3.63) is 66.0 Å². The number of fused-ring (bicyclic) bond motifs is 3. The fraction of sp³-hybridized carbons (Fsp3) is 0.433. The summed E-state index contributed by atoms with van der Waals surface area (Å²) in [6, 6.07) is 16.1. The number of nitrogens with one attached hydrogen (secondary N) is 2. The van der Waals surface area contributed by atoms with Crippen LogP contribution >= 0.6 is 0 Å². The third kappa shape index (κ3) is 6.91. The second-order valence-corrected chi connectivity index (χ2v) is 10.6. The van der Waals surface area contributed by atoms with Gasteiger partial charge in [0.1, 0.15) is 18.5 Å². The van der Waals surface area contributed by atoms with E-state index in [-0.39, 0.29) is 49.9 Å². The predicted molar refractivity (Wildman–Crippen MR) is 151 cm³/mol. The van der Waals surface area contributed by atoms with Gasteiger partial charge in [0.2, 0.25) is 5.91 Å². The van der Waals surface area contributed by atoms with E-state index in [1.165, 1.54) is 4.90 Å². The molecule has 2 atom stereocenters. The SMILES string of the molecule is CC(C)[C@@H]1NC(=O)CN(C(=O)[C@H]2CCCO2)CCNC(=O)c2cccc(c2)OCCn2nc(-c3ccccc3)nc21. The molecule has 2 N–H and O–H groups in total. The molecule has 5 rings (SSSR count). The summed E-state index contributed by atoms with van der Waals surface area (Å²) in [5, 5.41) is 10.7. The molecule has 0 spiro atoms. The Morgan fingerprint density at radius 1 is 1.02 bits per heavy atom. The Morgan fingerprint density at radius 2 is 1.83 bits per heavy atom. The summed E-state index contributed by atoms with van der Waals surface area (Å²) in [6.07, 6.45) is 0.815. The number of ether oxygens (including phenoxy) is 2. The zero-order chi connectivity index (χ0) is 28.8. The number of hydrogen-bond acceptors (Lipinski definition) is 7. The standard InChI is InChI=1S/C30H36N6O5/c1-20(2)26-28-33-27(21-8-4-3-5-9-21)34-36(28)15-17-40-23-11-6-10-22(18-23)29(38)31-13-14-35(19-25(37)32-26)30(39)24-12-7-16-41-24/h3-6,8-11,18,20,24,26H,7,12-17,19H2,1-2H3,(H,31,38)(H,32,37)/t24-,26+/m1/s1. The van der Waals surface area contributed by atoms with Gasteiger partial charge in [0.05, 0.1) is 19.1 Å². The first-order valence-corrected chi connectivity index (χ1v) is 14.1. The van der Waals surface area contributed by atoms with E-state index in [4.69, 9.17) is 19.6 Å². The molecule has 1 fully saturated rings. The predicted octanol–water partition coefficient (Wildman–Crippen LogP) is 2.59. The molecule has 2 aliphatic heterocycles. The molecular weight excluding hydrogens is 524 g/mol. The minimum absolute atomic E-state index is 0.0215. The lowest BCUT2D eigenvalue weighted by Crippen LogP contribution is -2.48. The number of carbonyl (C=O) groups excluding carboxylic acids is 3. The summed E-state index contributed by atoms with van der Waals surface area (Å²) >= 11 is 0. The fourth-order valence-electron chi connectivity index (χ4n) is 5.01. The van der Waals surface area contributed by atoms with Crippen LogP contribution in [0.25, 0.3) is 11.4 Å². The van der Waals surface area contributed by atoms with E-state index in [0.29, 0.717) is 42.5 Å². The Hall–Kier alpha value is -4.25. The second kappa shape index (κ2) is 12.9. The molecule has 1 aromatic heterocycles. The summed E-state index contributed by atoms with van der Waals surface area (Å²) in [5.41, 5.74) is 1.30. The van der Waals surface area contributed by atoms with Crippen LogP contribution in [0.3, 0.4) is 0 Å². The monoisotopic (exact) mass is 560 g/mol. The summed E-state index contributed by atoms with van der Waals surface area (Å²) in [6.45, 7) is 5.33. The van der Waals surface area contributed by atoms with Crippen molar-refractivity contribution >= 4 is 17.7 Å². The normalized spacial score (nSPS) is 20.5. The lowest BCUT2D eigenvalue weighted by atomic mass is 10.0. The Kier molecular flexibility index (Phi) is 8.93. The van der Waals surface area contributed by atoms with E-state index in [1.54, 1.807) is 28.9 Å². The van der Waals surface area contributed by atoms with E-state index >= 15 is 0 Å². The quantitative estimate of drug-likeness (QED) is 0.504. The van der Waals surface area contributed by atoms with Crippen molar-refractivity contribution in [1.82, 2.24) is 30.3 Å². The largest absolute Gasteiger partial charge is 0.492 e. The van der Waals surface area contributed by atoms with Crippen LogP contribution in [-0.4, -0.2) is 76.3 Å². The molecule has 41 heavy (non-hydrogen) atoms. The van der Waals surface area contributed by atoms with Gasteiger partial charge in [-0.1, -0.05) is 50.2 Å². The number of carbonyl (C=O) groups is 3. The van der Waals surface area contributed by atoms with Gasteiger partial charge in [-0.15, -0.1) is 0 Å². The fourth-order valence-corrected chi connectivity index (χ4v) is 5.01. The maximum absolute atomic E-state index is 13.4.